The maximum absolute atomic E-state index is 4.73. The molecule has 138 valence electrons. The van der Waals surface area contributed by atoms with Crippen molar-refractivity contribution in [1.82, 2.24) is 4.98 Å². The molecule has 0 unspecified atom stereocenters. The first-order chi connectivity index (χ1) is 12.4. The number of benzene rings is 2. The highest BCUT2D eigenvalue weighted by Crippen LogP contribution is 2.59. The van der Waals surface area contributed by atoms with Crippen LogP contribution in [0.4, 0.5) is 0 Å². The number of rotatable bonds is 5. The zero-order valence-electron chi connectivity index (χ0n) is 17.0. The molecule has 0 bridgehead atoms. The Kier molecular flexibility index (Phi) is 5.43. The molecule has 0 N–H and O–H groups in total. The largest absolute Gasteiger partial charge is 0.256 e. The van der Waals surface area contributed by atoms with Crippen molar-refractivity contribution >= 4 is 20.8 Å². The minimum atomic E-state index is -0.770. The van der Waals surface area contributed by atoms with E-state index in [1.807, 2.05) is 6.20 Å². The summed E-state index contributed by atoms with van der Waals surface area (Å²) in [6.45, 7) is 13.8. The quantitative estimate of drug-likeness (QED) is 0.468. The fourth-order valence-electron chi connectivity index (χ4n) is 4.23. The molecule has 1 heterocycles. The normalized spacial score (nSPS) is 12.7. The standard InChI is InChI=1S/C24H31NS/c1-7-26(8-2,17(3)4)22-9-10-23-20(16-22)11-12-25-24(23)21-14-18(5)13-19(6)15-21/h9-17H,7-8H2,1-6H3. The summed E-state index contributed by atoms with van der Waals surface area (Å²) in [4.78, 5) is 6.28. The molecule has 0 amide bonds. The summed E-state index contributed by atoms with van der Waals surface area (Å²) < 4.78 is 0. The molecule has 1 aromatic heterocycles. The SMILES string of the molecule is CCS(CC)(c1ccc2c(-c3cc(C)cc(C)c3)nccc2c1)C(C)C. The van der Waals surface area contributed by atoms with Crippen LogP contribution in [0.15, 0.2) is 53.6 Å². The van der Waals surface area contributed by atoms with Crippen LogP contribution < -0.4 is 0 Å². The molecule has 2 heteroatoms. The van der Waals surface area contributed by atoms with Crippen LogP contribution in [0.1, 0.15) is 38.8 Å². The van der Waals surface area contributed by atoms with E-state index in [1.165, 1.54) is 39.0 Å². The average Bonchev–Trinajstić information content (AvgIpc) is 2.61. The molecule has 0 saturated heterocycles. The maximum atomic E-state index is 4.73. The first-order valence-electron chi connectivity index (χ1n) is 9.66. The molecule has 0 aliphatic heterocycles. The van der Waals surface area contributed by atoms with E-state index in [9.17, 15) is 0 Å². The molecule has 2 aromatic carbocycles. The fraction of sp³-hybridized carbons (Fsp3) is 0.375. The topological polar surface area (TPSA) is 12.9 Å². The molecule has 0 radical (unpaired) electrons. The fourth-order valence-corrected chi connectivity index (χ4v) is 7.88. The minimum absolute atomic E-state index is 0.704. The molecule has 26 heavy (non-hydrogen) atoms. The van der Waals surface area contributed by atoms with Crippen LogP contribution in [0.2, 0.25) is 0 Å². The van der Waals surface area contributed by atoms with Gasteiger partial charge in [0.2, 0.25) is 0 Å². The van der Waals surface area contributed by atoms with Gasteiger partial charge in [0.25, 0.3) is 0 Å². The molecule has 0 spiro atoms. The third kappa shape index (κ3) is 3.27. The first-order valence-corrected chi connectivity index (χ1v) is 11.7. The molecule has 1 nitrogen and oxygen atoms in total. The van der Waals surface area contributed by atoms with E-state index in [-0.39, 0.29) is 0 Å². The summed E-state index contributed by atoms with van der Waals surface area (Å²) in [6.07, 6.45) is 1.96. The Balaban J connectivity index is 2.19. The van der Waals surface area contributed by atoms with Crippen molar-refractivity contribution in [2.75, 3.05) is 11.5 Å². The Bertz CT molecular complexity index is 902. The van der Waals surface area contributed by atoms with Crippen LogP contribution in [0.25, 0.3) is 22.0 Å². The Morgan fingerprint density at radius 1 is 0.885 bits per heavy atom. The van der Waals surface area contributed by atoms with Crippen molar-refractivity contribution in [2.45, 2.75) is 51.7 Å². The van der Waals surface area contributed by atoms with Crippen LogP contribution in [0.5, 0.6) is 0 Å². The van der Waals surface area contributed by atoms with E-state index in [4.69, 9.17) is 4.98 Å². The summed E-state index contributed by atoms with van der Waals surface area (Å²) >= 11 is 0. The third-order valence-corrected chi connectivity index (χ3v) is 10.7. The highest BCUT2D eigenvalue weighted by atomic mass is 32.3. The molecular weight excluding hydrogens is 334 g/mol. The lowest BCUT2D eigenvalue weighted by atomic mass is 10.0. The average molecular weight is 366 g/mol. The van der Waals surface area contributed by atoms with E-state index in [2.05, 4.69) is 84.0 Å². The second-order valence-electron chi connectivity index (χ2n) is 7.49. The summed E-state index contributed by atoms with van der Waals surface area (Å²) in [5, 5.41) is 3.27. The maximum Gasteiger partial charge on any atom is 0.0780 e. The predicted molar refractivity (Wildman–Crippen MR) is 119 cm³/mol. The zero-order chi connectivity index (χ0) is 18.9. The first kappa shape index (κ1) is 19.0. The highest BCUT2D eigenvalue weighted by molar-refractivity contribution is 8.34. The van der Waals surface area contributed by atoms with Gasteiger partial charge < -0.3 is 0 Å². The molecule has 0 fully saturated rings. The molecule has 3 rings (SSSR count). The smallest absolute Gasteiger partial charge is 0.0780 e. The van der Waals surface area contributed by atoms with Crippen LogP contribution in [-0.4, -0.2) is 21.7 Å². The molecular formula is C24H31NS. The van der Waals surface area contributed by atoms with Gasteiger partial charge in [-0.1, -0.05) is 51.0 Å². The summed E-state index contributed by atoms with van der Waals surface area (Å²) in [7, 11) is -0.770. The molecule has 0 atom stereocenters. The minimum Gasteiger partial charge on any atom is -0.256 e. The number of fused-ring (bicyclic) bond motifs is 1. The number of nitrogens with zero attached hydrogens (tertiary/aromatic N) is 1. The van der Waals surface area contributed by atoms with E-state index in [0.717, 1.165) is 5.69 Å². The van der Waals surface area contributed by atoms with Gasteiger partial charge in [0.15, 0.2) is 0 Å². The lowest BCUT2D eigenvalue weighted by Gasteiger charge is -2.43. The zero-order valence-corrected chi connectivity index (χ0v) is 17.8. The van der Waals surface area contributed by atoms with Gasteiger partial charge in [0.1, 0.15) is 0 Å². The molecule has 3 aromatic rings. The summed E-state index contributed by atoms with van der Waals surface area (Å²) in [6, 6.07) is 16.0. The molecule has 0 aliphatic rings. The Morgan fingerprint density at radius 2 is 1.54 bits per heavy atom. The van der Waals surface area contributed by atoms with Gasteiger partial charge in [0.05, 0.1) is 5.69 Å². The lowest BCUT2D eigenvalue weighted by molar-refractivity contribution is 1.06. The van der Waals surface area contributed by atoms with Gasteiger partial charge in [-0.2, -0.15) is 0 Å². The molecule has 0 aliphatic carbocycles. The number of pyridine rings is 1. The van der Waals surface area contributed by atoms with Crippen LogP contribution >= 0.6 is 10.0 Å². The lowest BCUT2D eigenvalue weighted by Crippen LogP contribution is -2.17. The molecule has 0 saturated carbocycles. The van der Waals surface area contributed by atoms with Crippen LogP contribution in [0.3, 0.4) is 0 Å². The van der Waals surface area contributed by atoms with Crippen LogP contribution in [-0.2, 0) is 0 Å². The second kappa shape index (κ2) is 7.44. The van der Waals surface area contributed by atoms with E-state index in [0.29, 0.717) is 5.25 Å². The van der Waals surface area contributed by atoms with Crippen molar-refractivity contribution in [1.29, 1.82) is 0 Å². The van der Waals surface area contributed by atoms with Crippen molar-refractivity contribution in [3.8, 4) is 11.3 Å². The van der Waals surface area contributed by atoms with Crippen molar-refractivity contribution < 1.29 is 0 Å². The summed E-state index contributed by atoms with van der Waals surface area (Å²) in [5.41, 5.74) is 4.89. The number of hydrogen-bond donors (Lipinski definition) is 0. The van der Waals surface area contributed by atoms with Crippen molar-refractivity contribution in [3.05, 3.63) is 59.8 Å². The van der Waals surface area contributed by atoms with Crippen LogP contribution in [0, 0.1) is 13.8 Å². The third-order valence-electron chi connectivity index (χ3n) is 5.63. The second-order valence-corrected chi connectivity index (χ2v) is 11.9. The van der Waals surface area contributed by atoms with Gasteiger partial charge in [-0.15, -0.1) is 0 Å². The monoisotopic (exact) mass is 365 g/mol. The number of aryl methyl sites for hydroxylation is 2. The van der Waals surface area contributed by atoms with Crippen molar-refractivity contribution in [3.63, 3.8) is 0 Å². The van der Waals surface area contributed by atoms with Gasteiger partial charge in [-0.3, -0.25) is 4.98 Å². The van der Waals surface area contributed by atoms with Gasteiger partial charge >= 0.3 is 0 Å². The van der Waals surface area contributed by atoms with Gasteiger partial charge in [-0.25, -0.2) is 10.0 Å². The Hall–Kier alpha value is -1.80. The highest BCUT2D eigenvalue weighted by Gasteiger charge is 2.26. The van der Waals surface area contributed by atoms with Gasteiger partial charge in [-0.05, 0) is 71.2 Å². The Labute approximate surface area is 160 Å². The van der Waals surface area contributed by atoms with Crippen molar-refractivity contribution in [2.24, 2.45) is 0 Å². The predicted octanol–water partition coefficient (Wildman–Crippen LogP) is 7.13. The number of aromatic nitrogens is 1. The number of hydrogen-bond acceptors (Lipinski definition) is 1. The summed E-state index contributed by atoms with van der Waals surface area (Å²) in [5.74, 6) is 2.50. The van der Waals surface area contributed by atoms with Gasteiger partial charge in [0, 0.05) is 17.1 Å². The Morgan fingerprint density at radius 3 is 2.12 bits per heavy atom. The van der Waals surface area contributed by atoms with E-state index >= 15 is 0 Å². The van der Waals surface area contributed by atoms with E-state index in [1.54, 1.807) is 4.90 Å². The van der Waals surface area contributed by atoms with E-state index < -0.39 is 10.0 Å².